The second-order valence-corrected chi connectivity index (χ2v) is 11.9. The molecule has 0 aromatic heterocycles. The molecule has 3 atom stereocenters. The number of thioether (sulfide) groups is 1. The molecule has 0 aliphatic carbocycles. The number of benzene rings is 3. The van der Waals surface area contributed by atoms with E-state index in [0.29, 0.717) is 24.6 Å². The number of nitrogens with zero attached hydrogens (tertiary/aromatic N) is 2. The van der Waals surface area contributed by atoms with Gasteiger partial charge < -0.3 is 25.6 Å². The Morgan fingerprint density at radius 1 is 0.977 bits per heavy atom. The number of rotatable bonds is 13. The highest BCUT2D eigenvalue weighted by Crippen LogP contribution is 2.37. The van der Waals surface area contributed by atoms with Crippen LogP contribution in [-0.2, 0) is 20.7 Å². The quantitative estimate of drug-likeness (QED) is 0.151. The molecule has 1 aliphatic heterocycles. The summed E-state index contributed by atoms with van der Waals surface area (Å²) in [5.41, 5.74) is 5.25. The lowest BCUT2D eigenvalue weighted by Crippen LogP contribution is -2.36. The zero-order chi connectivity index (χ0) is 30.6. The van der Waals surface area contributed by atoms with Gasteiger partial charge in [0, 0.05) is 36.6 Å². The van der Waals surface area contributed by atoms with Gasteiger partial charge in [-0.05, 0) is 86.4 Å². The molecule has 1 saturated heterocycles. The molecule has 0 bridgehead atoms. The molecule has 1 heterocycles. The van der Waals surface area contributed by atoms with Crippen LogP contribution >= 0.6 is 24.0 Å². The van der Waals surface area contributed by atoms with Crippen molar-refractivity contribution in [3.8, 4) is 6.07 Å². The van der Waals surface area contributed by atoms with Crippen LogP contribution in [0.5, 0.6) is 0 Å². The first-order chi connectivity index (χ1) is 20.9. The number of ether oxygens (including phenoxy) is 1. The monoisotopic (exact) mass is 615 g/mol. The highest BCUT2D eigenvalue weighted by atomic mass is 32.2. The van der Waals surface area contributed by atoms with Crippen LogP contribution in [-0.4, -0.2) is 52.2 Å². The molecule has 224 valence electrons. The standard InChI is InChI=1S/C33H37N5O3S2/c1-3-38-30(21-25(22-34)32(40)41-4-2)43-29(31(38)39)18-19-35-26-14-10-23(11-15-26)20-24-12-16-28(17-13-24)37-33(42)36-27-8-6-5-7-9-27/h5-17,25,29-30,35H,3-4,18-21H2,1-2H3,(H2,36,37,42). The fourth-order valence-corrected chi connectivity index (χ4v) is 6.70. The third kappa shape index (κ3) is 9.21. The lowest BCUT2D eigenvalue weighted by molar-refractivity contribution is -0.146. The first-order valence-electron chi connectivity index (χ1n) is 14.5. The van der Waals surface area contributed by atoms with Gasteiger partial charge in [0.25, 0.3) is 0 Å². The van der Waals surface area contributed by atoms with Crippen molar-refractivity contribution in [3.63, 3.8) is 0 Å². The second kappa shape index (κ2) is 16.0. The van der Waals surface area contributed by atoms with Crippen LogP contribution in [0.25, 0.3) is 0 Å². The van der Waals surface area contributed by atoms with Gasteiger partial charge in [0.2, 0.25) is 5.91 Å². The molecule has 10 heteroatoms. The van der Waals surface area contributed by atoms with Crippen molar-refractivity contribution in [2.45, 2.75) is 43.7 Å². The summed E-state index contributed by atoms with van der Waals surface area (Å²) >= 11 is 6.95. The predicted octanol–water partition coefficient (Wildman–Crippen LogP) is 6.27. The van der Waals surface area contributed by atoms with E-state index in [1.165, 1.54) is 22.9 Å². The maximum atomic E-state index is 13.0. The summed E-state index contributed by atoms with van der Waals surface area (Å²) in [6.07, 6.45) is 1.74. The average molecular weight is 616 g/mol. The van der Waals surface area contributed by atoms with Crippen LogP contribution in [0.4, 0.5) is 17.1 Å². The Morgan fingerprint density at radius 2 is 1.58 bits per heavy atom. The third-order valence-corrected chi connectivity index (χ3v) is 8.80. The minimum absolute atomic E-state index is 0.0608. The number of hydrogen-bond acceptors (Lipinski definition) is 7. The molecule has 0 spiro atoms. The zero-order valence-corrected chi connectivity index (χ0v) is 26.0. The number of hydrogen-bond donors (Lipinski definition) is 3. The average Bonchev–Trinajstić information content (AvgIpc) is 3.31. The molecule has 8 nitrogen and oxygen atoms in total. The molecule has 1 amide bonds. The molecule has 3 unspecified atom stereocenters. The Balaban J connectivity index is 1.22. The maximum Gasteiger partial charge on any atom is 0.323 e. The molecule has 3 aromatic rings. The van der Waals surface area contributed by atoms with E-state index in [-0.39, 0.29) is 29.6 Å². The smallest absolute Gasteiger partial charge is 0.323 e. The Bertz CT molecular complexity index is 1410. The normalized spacial score (nSPS) is 16.7. The van der Waals surface area contributed by atoms with E-state index in [1.807, 2.05) is 55.5 Å². The van der Waals surface area contributed by atoms with Crippen LogP contribution < -0.4 is 16.0 Å². The van der Waals surface area contributed by atoms with Crippen LogP contribution in [0.1, 0.15) is 37.8 Å². The lowest BCUT2D eigenvalue weighted by Gasteiger charge is -2.23. The molecular formula is C33H37N5O3S2. The van der Waals surface area contributed by atoms with Gasteiger partial charge in [-0.25, -0.2) is 0 Å². The largest absolute Gasteiger partial charge is 0.465 e. The number of esters is 1. The number of para-hydroxylation sites is 1. The van der Waals surface area contributed by atoms with Crippen molar-refractivity contribution in [1.29, 1.82) is 5.26 Å². The van der Waals surface area contributed by atoms with Crippen molar-refractivity contribution in [3.05, 3.63) is 90.0 Å². The van der Waals surface area contributed by atoms with Crippen LogP contribution in [0.15, 0.2) is 78.9 Å². The highest BCUT2D eigenvalue weighted by molar-refractivity contribution is 8.01. The van der Waals surface area contributed by atoms with Crippen LogP contribution in [0.3, 0.4) is 0 Å². The van der Waals surface area contributed by atoms with E-state index in [1.54, 1.807) is 11.8 Å². The minimum atomic E-state index is -0.871. The number of carbonyl (C=O) groups is 2. The van der Waals surface area contributed by atoms with Gasteiger partial charge in [-0.3, -0.25) is 9.59 Å². The molecule has 1 fully saturated rings. The molecule has 0 radical (unpaired) electrons. The van der Waals surface area contributed by atoms with E-state index in [9.17, 15) is 14.9 Å². The predicted molar refractivity (Wildman–Crippen MR) is 178 cm³/mol. The summed E-state index contributed by atoms with van der Waals surface area (Å²) in [6, 6.07) is 28.4. The van der Waals surface area contributed by atoms with E-state index in [0.717, 1.165) is 23.5 Å². The van der Waals surface area contributed by atoms with Crippen molar-refractivity contribution in [1.82, 2.24) is 4.90 Å². The highest BCUT2D eigenvalue weighted by Gasteiger charge is 2.41. The van der Waals surface area contributed by atoms with Crippen molar-refractivity contribution >= 4 is 58.0 Å². The van der Waals surface area contributed by atoms with Crippen LogP contribution in [0.2, 0.25) is 0 Å². The van der Waals surface area contributed by atoms with Crippen molar-refractivity contribution in [2.24, 2.45) is 5.92 Å². The van der Waals surface area contributed by atoms with Gasteiger partial charge >= 0.3 is 5.97 Å². The number of carbonyl (C=O) groups excluding carboxylic acids is 2. The van der Waals surface area contributed by atoms with E-state index in [2.05, 4.69) is 52.3 Å². The maximum absolute atomic E-state index is 13.0. The molecule has 1 aliphatic rings. The minimum Gasteiger partial charge on any atom is -0.465 e. The topological polar surface area (TPSA) is 106 Å². The van der Waals surface area contributed by atoms with E-state index >= 15 is 0 Å². The Hall–Kier alpha value is -4.07. The summed E-state index contributed by atoms with van der Waals surface area (Å²) in [7, 11) is 0. The third-order valence-electron chi connectivity index (χ3n) is 7.07. The Morgan fingerprint density at radius 3 is 2.16 bits per heavy atom. The summed E-state index contributed by atoms with van der Waals surface area (Å²) < 4.78 is 5.02. The molecule has 0 saturated carbocycles. The number of thiocarbonyl (C=S) groups is 1. The van der Waals surface area contributed by atoms with E-state index < -0.39 is 11.9 Å². The van der Waals surface area contributed by atoms with Gasteiger partial charge in [-0.2, -0.15) is 5.26 Å². The van der Waals surface area contributed by atoms with Gasteiger partial charge in [-0.15, -0.1) is 11.8 Å². The summed E-state index contributed by atoms with van der Waals surface area (Å²) in [5, 5.41) is 19.4. The van der Waals surface area contributed by atoms with Gasteiger partial charge in [0.15, 0.2) is 5.11 Å². The van der Waals surface area contributed by atoms with Crippen molar-refractivity contribution in [2.75, 3.05) is 35.6 Å². The number of nitrogens with one attached hydrogen (secondary N) is 3. The van der Waals surface area contributed by atoms with Crippen LogP contribution in [0, 0.1) is 17.2 Å². The number of anilines is 3. The fourth-order valence-electron chi connectivity index (χ4n) is 4.87. The van der Waals surface area contributed by atoms with Gasteiger partial charge in [0.05, 0.1) is 23.3 Å². The second-order valence-electron chi connectivity index (χ2n) is 10.1. The Kier molecular flexibility index (Phi) is 11.8. The SMILES string of the molecule is CCOC(=O)C(C#N)CC1SC(CCNc2ccc(Cc3ccc(NC(=S)Nc4ccccc4)cc3)cc2)C(=O)N1CC. The summed E-state index contributed by atoms with van der Waals surface area (Å²) in [6.45, 7) is 5.05. The van der Waals surface area contributed by atoms with Gasteiger partial charge in [-0.1, -0.05) is 42.5 Å². The first kappa shape index (κ1) is 31.9. The number of nitriles is 1. The lowest BCUT2D eigenvalue weighted by atomic mass is 10.0. The molecular weight excluding hydrogens is 579 g/mol. The van der Waals surface area contributed by atoms with Crippen molar-refractivity contribution < 1.29 is 14.3 Å². The van der Waals surface area contributed by atoms with Gasteiger partial charge in [0.1, 0.15) is 5.92 Å². The number of amides is 1. The fraction of sp³-hybridized carbons (Fsp3) is 0.333. The molecule has 43 heavy (non-hydrogen) atoms. The summed E-state index contributed by atoms with van der Waals surface area (Å²) in [4.78, 5) is 26.9. The summed E-state index contributed by atoms with van der Waals surface area (Å²) in [5.74, 6) is -1.33. The molecule has 3 N–H and O–H groups in total. The van der Waals surface area contributed by atoms with E-state index in [4.69, 9.17) is 17.0 Å². The first-order valence-corrected chi connectivity index (χ1v) is 15.8. The molecule has 3 aromatic carbocycles. The zero-order valence-electron chi connectivity index (χ0n) is 24.4. The molecule has 4 rings (SSSR count). The Labute approximate surface area is 263 Å².